The normalized spacial score (nSPS) is 10.2. The molecule has 0 saturated carbocycles. The first-order valence-electron chi connectivity index (χ1n) is 7.76. The highest BCUT2D eigenvalue weighted by atomic mass is 16.6. The van der Waals surface area contributed by atoms with Crippen molar-refractivity contribution < 1.29 is 19.2 Å². The van der Waals surface area contributed by atoms with Crippen LogP contribution in [0.3, 0.4) is 0 Å². The lowest BCUT2D eigenvalue weighted by Crippen LogP contribution is -2.26. The molecule has 7 nitrogen and oxygen atoms in total. The summed E-state index contributed by atoms with van der Waals surface area (Å²) in [7, 11) is 3.06. The first-order chi connectivity index (χ1) is 12.0. The average Bonchev–Trinajstić information content (AvgIpc) is 2.62. The summed E-state index contributed by atoms with van der Waals surface area (Å²) < 4.78 is 10.5. The smallest absolute Gasteiger partial charge is 0.270 e. The van der Waals surface area contributed by atoms with Crippen molar-refractivity contribution in [3.8, 4) is 11.5 Å². The number of hydrogen-bond acceptors (Lipinski definition) is 5. The largest absolute Gasteiger partial charge is 0.496 e. The molecule has 0 heterocycles. The van der Waals surface area contributed by atoms with Crippen LogP contribution in [0.2, 0.25) is 0 Å². The molecule has 0 fully saturated rings. The van der Waals surface area contributed by atoms with Crippen molar-refractivity contribution in [1.82, 2.24) is 4.90 Å². The Balaban J connectivity index is 2.18. The van der Waals surface area contributed by atoms with E-state index in [1.54, 1.807) is 7.05 Å². The number of nitro benzene ring substituents is 1. The predicted octanol–water partition coefficient (Wildman–Crippen LogP) is 3.27. The van der Waals surface area contributed by atoms with Gasteiger partial charge < -0.3 is 14.4 Å². The molecule has 0 aliphatic rings. The van der Waals surface area contributed by atoms with Crippen LogP contribution in [-0.2, 0) is 6.54 Å². The Kier molecular flexibility index (Phi) is 5.94. The fraction of sp³-hybridized carbons (Fsp3) is 0.278. The van der Waals surface area contributed by atoms with Crippen LogP contribution in [0.4, 0.5) is 5.69 Å². The highest BCUT2D eigenvalue weighted by Crippen LogP contribution is 2.25. The van der Waals surface area contributed by atoms with Crippen LogP contribution in [0.5, 0.6) is 11.5 Å². The van der Waals surface area contributed by atoms with E-state index < -0.39 is 4.92 Å². The lowest BCUT2D eigenvalue weighted by Gasteiger charge is -2.19. The van der Waals surface area contributed by atoms with Crippen molar-refractivity contribution in [1.29, 1.82) is 0 Å². The minimum absolute atomic E-state index is 0.154. The van der Waals surface area contributed by atoms with Gasteiger partial charge in [0.05, 0.1) is 24.2 Å². The highest BCUT2D eigenvalue weighted by molar-refractivity contribution is 5.97. The molecule has 0 atom stereocenters. The molecule has 132 valence electrons. The van der Waals surface area contributed by atoms with Gasteiger partial charge in [-0.05, 0) is 30.7 Å². The molecule has 0 spiro atoms. The number of nitro groups is 1. The topological polar surface area (TPSA) is 81.9 Å². The standard InChI is InChI=1S/C18H20N2O5/c1-4-25-15-8-5-13(6-9-15)12-19(2)18(21)16-11-14(20(22)23)7-10-17(16)24-3/h5-11H,4,12H2,1-3H3. The zero-order chi connectivity index (χ0) is 18.4. The number of carbonyl (C=O) groups excluding carboxylic acids is 1. The molecule has 0 saturated heterocycles. The molecule has 0 unspecified atom stereocenters. The van der Waals surface area contributed by atoms with Crippen molar-refractivity contribution in [2.24, 2.45) is 0 Å². The Morgan fingerprint density at radius 2 is 1.88 bits per heavy atom. The van der Waals surface area contributed by atoms with Crippen molar-refractivity contribution in [3.63, 3.8) is 0 Å². The third kappa shape index (κ3) is 4.47. The van der Waals surface area contributed by atoms with E-state index in [-0.39, 0.29) is 17.2 Å². The molecule has 0 aliphatic heterocycles. The third-order valence-electron chi connectivity index (χ3n) is 3.63. The molecule has 0 aromatic heterocycles. The van der Waals surface area contributed by atoms with Crippen LogP contribution in [0.15, 0.2) is 42.5 Å². The Hall–Kier alpha value is -3.09. The molecule has 0 radical (unpaired) electrons. The number of non-ortho nitro benzene ring substituents is 1. The summed E-state index contributed by atoms with van der Waals surface area (Å²) in [4.78, 5) is 24.6. The molecule has 7 heteroatoms. The van der Waals surface area contributed by atoms with Crippen molar-refractivity contribution in [2.75, 3.05) is 20.8 Å². The maximum atomic E-state index is 12.7. The second-order valence-corrected chi connectivity index (χ2v) is 5.38. The zero-order valence-electron chi connectivity index (χ0n) is 14.4. The summed E-state index contributed by atoms with van der Waals surface area (Å²) in [6.45, 7) is 2.86. The first-order valence-corrected chi connectivity index (χ1v) is 7.76. The summed E-state index contributed by atoms with van der Waals surface area (Å²) in [5.41, 5.74) is 0.924. The van der Waals surface area contributed by atoms with Crippen LogP contribution in [0, 0.1) is 10.1 Å². The van der Waals surface area contributed by atoms with Crippen molar-refractivity contribution in [3.05, 3.63) is 63.7 Å². The molecule has 25 heavy (non-hydrogen) atoms. The van der Waals surface area contributed by atoms with Gasteiger partial charge in [0.2, 0.25) is 0 Å². The molecule has 0 N–H and O–H groups in total. The second-order valence-electron chi connectivity index (χ2n) is 5.38. The van der Waals surface area contributed by atoms with Crippen LogP contribution in [0.1, 0.15) is 22.8 Å². The average molecular weight is 344 g/mol. The number of amides is 1. The van der Waals surface area contributed by atoms with E-state index >= 15 is 0 Å². The van der Waals surface area contributed by atoms with Crippen LogP contribution in [0.25, 0.3) is 0 Å². The van der Waals surface area contributed by atoms with E-state index in [1.807, 2.05) is 31.2 Å². The lowest BCUT2D eigenvalue weighted by molar-refractivity contribution is -0.384. The maximum Gasteiger partial charge on any atom is 0.270 e. The van der Waals surface area contributed by atoms with Crippen molar-refractivity contribution >= 4 is 11.6 Å². The number of methoxy groups -OCH3 is 1. The minimum atomic E-state index is -0.539. The molecular formula is C18H20N2O5. The number of rotatable bonds is 7. The number of benzene rings is 2. The fourth-order valence-corrected chi connectivity index (χ4v) is 2.39. The zero-order valence-corrected chi connectivity index (χ0v) is 14.4. The summed E-state index contributed by atoms with van der Waals surface area (Å²) in [6.07, 6.45) is 0. The SMILES string of the molecule is CCOc1ccc(CN(C)C(=O)c2cc([N+](=O)[O-])ccc2OC)cc1. The molecule has 1 amide bonds. The van der Waals surface area contributed by atoms with E-state index in [0.717, 1.165) is 11.3 Å². The highest BCUT2D eigenvalue weighted by Gasteiger charge is 2.20. The minimum Gasteiger partial charge on any atom is -0.496 e. The first kappa shape index (κ1) is 18.3. The van der Waals surface area contributed by atoms with Crippen LogP contribution >= 0.6 is 0 Å². The van der Waals surface area contributed by atoms with E-state index in [4.69, 9.17) is 9.47 Å². The Labute approximate surface area is 145 Å². The third-order valence-corrected chi connectivity index (χ3v) is 3.63. The number of ether oxygens (including phenoxy) is 2. The maximum absolute atomic E-state index is 12.7. The van der Waals surface area contributed by atoms with Gasteiger partial charge in [0, 0.05) is 25.7 Å². The van der Waals surface area contributed by atoms with Crippen molar-refractivity contribution in [2.45, 2.75) is 13.5 Å². The molecule has 2 aromatic rings. The van der Waals surface area contributed by atoms with Gasteiger partial charge in [-0.25, -0.2) is 0 Å². The monoisotopic (exact) mass is 344 g/mol. The van der Waals surface area contributed by atoms with Gasteiger partial charge in [-0.15, -0.1) is 0 Å². The van der Waals surface area contributed by atoms with E-state index in [1.165, 1.54) is 30.2 Å². The quantitative estimate of drug-likeness (QED) is 0.569. The van der Waals surface area contributed by atoms with Crippen LogP contribution in [-0.4, -0.2) is 36.5 Å². The Bertz CT molecular complexity index is 759. The summed E-state index contributed by atoms with van der Waals surface area (Å²) in [6, 6.07) is 11.4. The second kappa shape index (κ2) is 8.14. The Morgan fingerprint density at radius 3 is 2.44 bits per heavy atom. The van der Waals surface area contributed by atoms with Gasteiger partial charge in [0.25, 0.3) is 11.6 Å². The molecule has 2 aromatic carbocycles. The molecule has 2 rings (SSSR count). The van der Waals surface area contributed by atoms with Gasteiger partial charge in [-0.3, -0.25) is 14.9 Å². The number of nitrogens with zero attached hydrogens (tertiary/aromatic N) is 2. The van der Waals surface area contributed by atoms with E-state index in [2.05, 4.69) is 0 Å². The van der Waals surface area contributed by atoms with Crippen LogP contribution < -0.4 is 9.47 Å². The lowest BCUT2D eigenvalue weighted by atomic mass is 10.1. The fourth-order valence-electron chi connectivity index (χ4n) is 2.39. The summed E-state index contributed by atoms with van der Waals surface area (Å²) in [5, 5.41) is 10.9. The molecular weight excluding hydrogens is 324 g/mol. The van der Waals surface area contributed by atoms with Gasteiger partial charge in [-0.2, -0.15) is 0 Å². The summed E-state index contributed by atoms with van der Waals surface area (Å²) >= 11 is 0. The summed E-state index contributed by atoms with van der Waals surface area (Å²) in [5.74, 6) is 0.712. The van der Waals surface area contributed by atoms with Gasteiger partial charge in [-0.1, -0.05) is 12.1 Å². The van der Waals surface area contributed by atoms with E-state index in [0.29, 0.717) is 18.9 Å². The van der Waals surface area contributed by atoms with Gasteiger partial charge in [0.1, 0.15) is 11.5 Å². The van der Waals surface area contributed by atoms with Gasteiger partial charge >= 0.3 is 0 Å². The Morgan fingerprint density at radius 1 is 1.20 bits per heavy atom. The van der Waals surface area contributed by atoms with E-state index in [9.17, 15) is 14.9 Å². The number of hydrogen-bond donors (Lipinski definition) is 0. The number of carbonyl (C=O) groups is 1. The molecule has 0 aliphatic carbocycles. The van der Waals surface area contributed by atoms with Gasteiger partial charge in [0.15, 0.2) is 0 Å². The molecule has 0 bridgehead atoms. The predicted molar refractivity (Wildman–Crippen MR) is 93.1 cm³/mol.